The van der Waals surface area contributed by atoms with Crippen LogP contribution in [0.3, 0.4) is 0 Å². The van der Waals surface area contributed by atoms with Gasteiger partial charge in [-0.3, -0.25) is 4.31 Å². The Bertz CT molecular complexity index is 1120. The number of ether oxygens (including phenoxy) is 1. The van der Waals surface area contributed by atoms with E-state index in [9.17, 15) is 13.2 Å². The highest BCUT2D eigenvalue weighted by atomic mass is 35.5. The number of methoxy groups -OCH3 is 1. The van der Waals surface area contributed by atoms with E-state index in [1.165, 1.54) is 35.7 Å². The standard InChI is InChI=1S/C21H17Cl2NO4S/c1-28-21(25)15-10-12-17(13-11-15)24(14-16-6-5-9-19(22)20(16)23)29(26,27)18-7-3-2-4-8-18/h2-13H,14H2,1H3. The van der Waals surface area contributed by atoms with Crippen LogP contribution in [0.2, 0.25) is 10.0 Å². The number of anilines is 1. The molecular formula is C21H17Cl2NO4S. The van der Waals surface area contributed by atoms with Crippen LogP contribution < -0.4 is 4.31 Å². The monoisotopic (exact) mass is 449 g/mol. The van der Waals surface area contributed by atoms with Crippen LogP contribution in [0.1, 0.15) is 15.9 Å². The number of nitrogens with zero attached hydrogens (tertiary/aromatic N) is 1. The lowest BCUT2D eigenvalue weighted by atomic mass is 10.2. The van der Waals surface area contributed by atoms with Gasteiger partial charge in [-0.1, -0.05) is 53.5 Å². The predicted octanol–water partition coefficient (Wildman–Crippen LogP) is 5.18. The van der Waals surface area contributed by atoms with Crippen LogP contribution in [-0.2, 0) is 21.3 Å². The zero-order valence-electron chi connectivity index (χ0n) is 15.4. The molecule has 0 fully saturated rings. The summed E-state index contributed by atoms with van der Waals surface area (Å²) in [5, 5.41) is 0.621. The van der Waals surface area contributed by atoms with Crippen molar-refractivity contribution in [2.45, 2.75) is 11.4 Å². The molecule has 0 aliphatic heterocycles. The largest absolute Gasteiger partial charge is 0.465 e. The topological polar surface area (TPSA) is 63.7 Å². The van der Waals surface area contributed by atoms with Gasteiger partial charge in [-0.15, -0.1) is 0 Å². The Morgan fingerprint density at radius 1 is 0.931 bits per heavy atom. The molecule has 0 aromatic heterocycles. The lowest BCUT2D eigenvalue weighted by Crippen LogP contribution is -2.30. The Hall–Kier alpha value is -2.54. The van der Waals surface area contributed by atoms with E-state index in [1.807, 2.05) is 0 Å². The van der Waals surface area contributed by atoms with Gasteiger partial charge in [0.25, 0.3) is 10.0 Å². The van der Waals surface area contributed by atoms with Crippen molar-refractivity contribution in [3.05, 3.63) is 94.0 Å². The Morgan fingerprint density at radius 3 is 2.21 bits per heavy atom. The first-order valence-electron chi connectivity index (χ1n) is 8.53. The summed E-state index contributed by atoms with van der Waals surface area (Å²) in [7, 11) is -2.62. The third-order valence-corrected chi connectivity index (χ3v) is 6.90. The number of halogens is 2. The van der Waals surface area contributed by atoms with E-state index in [4.69, 9.17) is 27.9 Å². The molecule has 3 aromatic rings. The fourth-order valence-electron chi connectivity index (χ4n) is 2.74. The number of benzene rings is 3. The lowest BCUT2D eigenvalue weighted by molar-refractivity contribution is 0.0600. The quantitative estimate of drug-likeness (QED) is 0.486. The normalized spacial score (nSPS) is 11.1. The Morgan fingerprint density at radius 2 is 1.59 bits per heavy atom. The van der Waals surface area contributed by atoms with Crippen LogP contribution in [0.15, 0.2) is 77.7 Å². The zero-order chi connectivity index (χ0) is 21.0. The summed E-state index contributed by atoms with van der Waals surface area (Å²) in [6.07, 6.45) is 0. The van der Waals surface area contributed by atoms with E-state index in [1.54, 1.807) is 48.5 Å². The number of carbonyl (C=O) groups excluding carboxylic acids is 1. The molecule has 0 aliphatic carbocycles. The first-order valence-corrected chi connectivity index (χ1v) is 10.7. The molecule has 0 atom stereocenters. The van der Waals surface area contributed by atoms with Crippen LogP contribution >= 0.6 is 23.2 Å². The molecule has 0 saturated heterocycles. The van der Waals surface area contributed by atoms with Crippen molar-refractivity contribution < 1.29 is 17.9 Å². The van der Waals surface area contributed by atoms with Gasteiger partial charge < -0.3 is 4.74 Å². The maximum Gasteiger partial charge on any atom is 0.337 e. The maximum atomic E-state index is 13.4. The molecule has 5 nitrogen and oxygen atoms in total. The van der Waals surface area contributed by atoms with Crippen molar-refractivity contribution in [2.75, 3.05) is 11.4 Å². The molecule has 0 saturated carbocycles. The van der Waals surface area contributed by atoms with Gasteiger partial charge in [-0.25, -0.2) is 13.2 Å². The van der Waals surface area contributed by atoms with E-state index in [0.717, 1.165) is 0 Å². The van der Waals surface area contributed by atoms with Crippen LogP contribution in [0.4, 0.5) is 5.69 Å². The van der Waals surface area contributed by atoms with Crippen molar-refractivity contribution in [3.8, 4) is 0 Å². The third kappa shape index (κ3) is 4.56. The first-order chi connectivity index (χ1) is 13.8. The second kappa shape index (κ2) is 8.86. The summed E-state index contributed by atoms with van der Waals surface area (Å²) in [5.74, 6) is -0.507. The molecule has 0 heterocycles. The molecule has 3 rings (SSSR count). The summed E-state index contributed by atoms with van der Waals surface area (Å²) in [4.78, 5) is 11.8. The Kier molecular flexibility index (Phi) is 6.47. The van der Waals surface area contributed by atoms with Gasteiger partial charge in [-0.2, -0.15) is 0 Å². The molecule has 0 amide bonds. The highest BCUT2D eigenvalue weighted by Gasteiger charge is 2.26. The van der Waals surface area contributed by atoms with Gasteiger partial charge >= 0.3 is 5.97 Å². The molecule has 0 bridgehead atoms. The second-order valence-corrected chi connectivity index (χ2v) is 8.72. The molecule has 150 valence electrons. The molecular weight excluding hydrogens is 433 g/mol. The van der Waals surface area contributed by atoms with Gasteiger partial charge in [0.2, 0.25) is 0 Å². The minimum Gasteiger partial charge on any atom is -0.465 e. The summed E-state index contributed by atoms with van der Waals surface area (Å²) in [6.45, 7) is -0.0335. The van der Waals surface area contributed by atoms with Crippen LogP contribution in [0.25, 0.3) is 0 Å². The van der Waals surface area contributed by atoms with Crippen molar-refractivity contribution in [2.24, 2.45) is 0 Å². The first kappa shape index (κ1) is 21.2. The Balaban J connectivity index is 2.09. The van der Waals surface area contributed by atoms with Crippen LogP contribution in [0, 0.1) is 0 Å². The summed E-state index contributed by atoms with van der Waals surface area (Å²) < 4.78 is 32.7. The predicted molar refractivity (Wildman–Crippen MR) is 114 cm³/mol. The average Bonchev–Trinajstić information content (AvgIpc) is 2.75. The van der Waals surface area contributed by atoms with E-state index in [0.29, 0.717) is 21.8 Å². The van der Waals surface area contributed by atoms with Gasteiger partial charge in [0.15, 0.2) is 0 Å². The summed E-state index contributed by atoms with van der Waals surface area (Å²) in [6, 6.07) is 19.2. The van der Waals surface area contributed by atoms with Crippen molar-refractivity contribution in [1.29, 1.82) is 0 Å². The third-order valence-electron chi connectivity index (χ3n) is 4.25. The minimum atomic E-state index is -3.91. The van der Waals surface area contributed by atoms with Gasteiger partial charge in [-0.05, 0) is 48.0 Å². The molecule has 0 aliphatic rings. The fraction of sp³-hybridized carbons (Fsp3) is 0.0952. The number of carbonyl (C=O) groups is 1. The molecule has 0 unspecified atom stereocenters. The number of hydrogen-bond donors (Lipinski definition) is 0. The molecule has 0 spiro atoms. The number of sulfonamides is 1. The van der Waals surface area contributed by atoms with Gasteiger partial charge in [0.1, 0.15) is 0 Å². The fourth-order valence-corrected chi connectivity index (χ4v) is 4.59. The second-order valence-electron chi connectivity index (χ2n) is 6.08. The van der Waals surface area contributed by atoms with Crippen LogP contribution in [-0.4, -0.2) is 21.5 Å². The molecule has 3 aromatic carbocycles. The van der Waals surface area contributed by atoms with Crippen LogP contribution in [0.5, 0.6) is 0 Å². The van der Waals surface area contributed by atoms with Gasteiger partial charge in [0, 0.05) is 0 Å². The highest BCUT2D eigenvalue weighted by molar-refractivity contribution is 7.92. The molecule has 0 N–H and O–H groups in total. The molecule has 8 heteroatoms. The molecule has 0 radical (unpaired) electrons. The Labute approximate surface area is 179 Å². The average molecular weight is 450 g/mol. The molecule has 29 heavy (non-hydrogen) atoms. The summed E-state index contributed by atoms with van der Waals surface area (Å²) >= 11 is 12.4. The minimum absolute atomic E-state index is 0.0335. The zero-order valence-corrected chi connectivity index (χ0v) is 17.7. The lowest BCUT2D eigenvalue weighted by Gasteiger charge is -2.25. The summed E-state index contributed by atoms with van der Waals surface area (Å²) in [5.41, 5.74) is 1.24. The van der Waals surface area contributed by atoms with Crippen molar-refractivity contribution in [1.82, 2.24) is 0 Å². The number of hydrogen-bond acceptors (Lipinski definition) is 4. The van der Waals surface area contributed by atoms with E-state index >= 15 is 0 Å². The smallest absolute Gasteiger partial charge is 0.337 e. The van der Waals surface area contributed by atoms with E-state index in [2.05, 4.69) is 0 Å². The number of rotatable bonds is 6. The van der Waals surface area contributed by atoms with E-state index < -0.39 is 16.0 Å². The van der Waals surface area contributed by atoms with Crippen molar-refractivity contribution >= 4 is 44.9 Å². The van der Waals surface area contributed by atoms with Gasteiger partial charge in [0.05, 0.1) is 39.8 Å². The van der Waals surface area contributed by atoms with Crippen molar-refractivity contribution in [3.63, 3.8) is 0 Å². The maximum absolute atomic E-state index is 13.4. The SMILES string of the molecule is COC(=O)c1ccc(N(Cc2cccc(Cl)c2Cl)S(=O)(=O)c2ccccc2)cc1. The van der Waals surface area contributed by atoms with E-state index in [-0.39, 0.29) is 16.5 Å². The number of esters is 1. The highest BCUT2D eigenvalue weighted by Crippen LogP contribution is 2.31.